The molecule has 0 aliphatic rings. The van der Waals surface area contributed by atoms with Gasteiger partial charge in [0.25, 0.3) is 5.56 Å². The smallest absolute Gasteiger partial charge is 0.293 e. The van der Waals surface area contributed by atoms with Crippen LogP contribution in [0.3, 0.4) is 0 Å². The van der Waals surface area contributed by atoms with E-state index in [1.807, 2.05) is 0 Å². The molecule has 0 aliphatic carbocycles. The second-order valence-corrected chi connectivity index (χ2v) is 3.26. The van der Waals surface area contributed by atoms with E-state index in [0.29, 0.717) is 5.69 Å². The molecule has 0 fully saturated rings. The van der Waals surface area contributed by atoms with Gasteiger partial charge in [-0.15, -0.1) is 0 Å². The van der Waals surface area contributed by atoms with E-state index in [1.54, 1.807) is 18.2 Å². The van der Waals surface area contributed by atoms with E-state index in [2.05, 4.69) is 15.2 Å². The Morgan fingerprint density at radius 3 is 2.94 bits per heavy atom. The van der Waals surface area contributed by atoms with Crippen molar-refractivity contribution in [2.24, 2.45) is 0 Å². The van der Waals surface area contributed by atoms with E-state index in [0.717, 1.165) is 0 Å². The Labute approximate surface area is 95.0 Å². The number of rotatable bonds is 2. The molecule has 0 radical (unpaired) electrons. The van der Waals surface area contributed by atoms with Gasteiger partial charge in [0.15, 0.2) is 0 Å². The zero-order chi connectivity index (χ0) is 12.3. The number of nitrogens with one attached hydrogen (secondary N) is 1. The van der Waals surface area contributed by atoms with E-state index in [9.17, 15) is 9.59 Å². The minimum absolute atomic E-state index is 0.117. The molecule has 2 rings (SSSR count). The molecule has 1 N–H and O–H groups in total. The first-order valence-electron chi connectivity index (χ1n) is 4.71. The molecule has 84 valence electrons. The average molecular weight is 229 g/mol. The number of hydrogen-bond acceptors (Lipinski definition) is 5. The Morgan fingerprint density at radius 2 is 2.29 bits per heavy atom. The summed E-state index contributed by atoms with van der Waals surface area (Å²) in [6.07, 6.45) is 2.72. The van der Waals surface area contributed by atoms with Gasteiger partial charge in [-0.3, -0.25) is 14.3 Å². The van der Waals surface area contributed by atoms with Crippen molar-refractivity contribution in [2.75, 3.05) is 0 Å². The van der Waals surface area contributed by atoms with Crippen molar-refractivity contribution in [3.8, 4) is 6.07 Å². The third-order valence-corrected chi connectivity index (χ3v) is 2.09. The first kappa shape index (κ1) is 10.8. The topological polar surface area (TPSA) is 104 Å². The van der Waals surface area contributed by atoms with Crippen molar-refractivity contribution in [2.45, 2.75) is 6.54 Å². The summed E-state index contributed by atoms with van der Waals surface area (Å²) in [4.78, 5) is 24.7. The van der Waals surface area contributed by atoms with Crippen LogP contribution in [0.25, 0.3) is 0 Å². The lowest BCUT2D eigenvalue weighted by atomic mass is 10.3. The molecule has 7 heteroatoms. The van der Waals surface area contributed by atoms with Gasteiger partial charge >= 0.3 is 5.69 Å². The largest absolute Gasteiger partial charge is 0.328 e. The van der Waals surface area contributed by atoms with Gasteiger partial charge in [0.1, 0.15) is 11.6 Å². The summed E-state index contributed by atoms with van der Waals surface area (Å²) >= 11 is 0. The molecule has 7 nitrogen and oxygen atoms in total. The fraction of sp³-hybridized carbons (Fsp3) is 0.100. The fourth-order valence-corrected chi connectivity index (χ4v) is 1.30. The molecule has 0 saturated heterocycles. The van der Waals surface area contributed by atoms with Gasteiger partial charge in [-0.2, -0.15) is 15.5 Å². The molecule has 0 bridgehead atoms. The van der Waals surface area contributed by atoms with Crippen molar-refractivity contribution >= 4 is 0 Å². The lowest BCUT2D eigenvalue weighted by Gasteiger charge is -2.03. The van der Waals surface area contributed by atoms with Gasteiger partial charge in [0.05, 0.1) is 12.2 Å². The zero-order valence-electron chi connectivity index (χ0n) is 8.62. The highest BCUT2D eigenvalue weighted by Gasteiger charge is 2.04. The second kappa shape index (κ2) is 4.40. The summed E-state index contributed by atoms with van der Waals surface area (Å²) in [6.45, 7) is 0.151. The number of aromatic amines is 1. The molecule has 0 saturated carbocycles. The molecule has 0 aliphatic heterocycles. The maximum absolute atomic E-state index is 11.5. The van der Waals surface area contributed by atoms with Crippen molar-refractivity contribution in [3.05, 3.63) is 56.6 Å². The Morgan fingerprint density at radius 1 is 1.47 bits per heavy atom. The van der Waals surface area contributed by atoms with E-state index >= 15 is 0 Å². The number of aromatic nitrogens is 4. The minimum atomic E-state index is -0.687. The van der Waals surface area contributed by atoms with Crippen LogP contribution in [0.1, 0.15) is 11.3 Å². The maximum Gasteiger partial charge on any atom is 0.328 e. The molecule has 2 aromatic rings. The number of nitrogens with zero attached hydrogens (tertiary/aromatic N) is 4. The average Bonchev–Trinajstić information content (AvgIpc) is 2.34. The summed E-state index contributed by atoms with van der Waals surface area (Å²) in [6, 6.07) is 5.08. The van der Waals surface area contributed by atoms with Gasteiger partial charge in [0, 0.05) is 12.4 Å². The summed E-state index contributed by atoms with van der Waals surface area (Å²) < 4.78 is 1.20. The second-order valence-electron chi connectivity index (χ2n) is 3.26. The lowest BCUT2D eigenvalue weighted by Crippen LogP contribution is -2.31. The van der Waals surface area contributed by atoms with Crippen LogP contribution in [0.15, 0.2) is 34.1 Å². The number of nitriles is 1. The zero-order valence-corrected chi connectivity index (χ0v) is 8.62. The molecule has 0 unspecified atom stereocenters. The number of hydrogen-bond donors (Lipinski definition) is 1. The highest BCUT2D eigenvalue weighted by molar-refractivity contribution is 5.22. The van der Waals surface area contributed by atoms with Crippen LogP contribution < -0.4 is 11.2 Å². The summed E-state index contributed by atoms with van der Waals surface area (Å²) in [7, 11) is 0. The Balaban J connectivity index is 2.44. The highest BCUT2D eigenvalue weighted by atomic mass is 16.2. The molecule has 0 spiro atoms. The van der Waals surface area contributed by atoms with Crippen LogP contribution in [-0.4, -0.2) is 19.7 Å². The Hall–Kier alpha value is -2.75. The normalized spacial score (nSPS) is 9.82. The fourth-order valence-electron chi connectivity index (χ4n) is 1.30. The van der Waals surface area contributed by atoms with Gasteiger partial charge in [-0.1, -0.05) is 0 Å². The third-order valence-electron chi connectivity index (χ3n) is 2.09. The summed E-state index contributed by atoms with van der Waals surface area (Å²) in [5.41, 5.74) is -0.827. The molecule has 0 atom stereocenters. The maximum atomic E-state index is 11.5. The first-order valence-corrected chi connectivity index (χ1v) is 4.71. The Kier molecular flexibility index (Phi) is 2.79. The summed E-state index contributed by atoms with van der Waals surface area (Å²) in [5.74, 6) is 0. The number of H-pyrrole nitrogens is 1. The van der Waals surface area contributed by atoms with Crippen LogP contribution in [0.2, 0.25) is 0 Å². The molecule has 0 amide bonds. The van der Waals surface area contributed by atoms with E-state index in [-0.39, 0.29) is 12.1 Å². The van der Waals surface area contributed by atoms with Crippen molar-refractivity contribution < 1.29 is 0 Å². The summed E-state index contributed by atoms with van der Waals surface area (Å²) in [5, 5.41) is 16.2. The molecule has 2 aromatic heterocycles. The lowest BCUT2D eigenvalue weighted by molar-refractivity contribution is 0.691. The quantitative estimate of drug-likeness (QED) is 0.729. The molecule has 17 heavy (non-hydrogen) atoms. The molecular weight excluding hydrogens is 222 g/mol. The first-order chi connectivity index (χ1) is 8.20. The minimum Gasteiger partial charge on any atom is -0.293 e. The molecular formula is C10H7N5O2. The SMILES string of the molecule is N#Cc1cn(Cc2cccnn2)c(=O)[nH]c1=O. The van der Waals surface area contributed by atoms with Crippen LogP contribution in [0.4, 0.5) is 0 Å². The van der Waals surface area contributed by atoms with E-state index in [1.165, 1.54) is 17.0 Å². The van der Waals surface area contributed by atoms with Crippen LogP contribution in [0.5, 0.6) is 0 Å². The monoisotopic (exact) mass is 229 g/mol. The predicted octanol–water partition coefficient (Wildman–Crippen LogP) is -0.753. The molecule has 2 heterocycles. The van der Waals surface area contributed by atoms with Crippen molar-refractivity contribution in [3.63, 3.8) is 0 Å². The van der Waals surface area contributed by atoms with Crippen LogP contribution in [0, 0.1) is 11.3 Å². The van der Waals surface area contributed by atoms with Gasteiger partial charge < -0.3 is 0 Å². The standard InChI is InChI=1S/C10H7N5O2/c11-4-7-5-15(10(17)13-9(7)16)6-8-2-1-3-12-14-8/h1-3,5H,6H2,(H,13,16,17). The van der Waals surface area contributed by atoms with Gasteiger partial charge in [-0.25, -0.2) is 4.79 Å². The predicted molar refractivity (Wildman–Crippen MR) is 57.2 cm³/mol. The van der Waals surface area contributed by atoms with E-state index in [4.69, 9.17) is 5.26 Å². The highest BCUT2D eigenvalue weighted by Crippen LogP contribution is 1.94. The van der Waals surface area contributed by atoms with Gasteiger partial charge in [-0.05, 0) is 12.1 Å². The molecule has 0 aromatic carbocycles. The Bertz CT molecular complexity index is 680. The van der Waals surface area contributed by atoms with Crippen LogP contribution in [-0.2, 0) is 6.54 Å². The van der Waals surface area contributed by atoms with Crippen molar-refractivity contribution in [1.29, 1.82) is 5.26 Å². The van der Waals surface area contributed by atoms with Crippen LogP contribution >= 0.6 is 0 Å². The van der Waals surface area contributed by atoms with Crippen molar-refractivity contribution in [1.82, 2.24) is 19.7 Å². The van der Waals surface area contributed by atoms with Gasteiger partial charge in [0.2, 0.25) is 0 Å². The van der Waals surface area contributed by atoms with E-state index < -0.39 is 11.2 Å². The third kappa shape index (κ3) is 2.26.